The molecule has 0 fully saturated rings. The lowest BCUT2D eigenvalue weighted by atomic mass is 10.1. The third kappa shape index (κ3) is 2.42. The van der Waals surface area contributed by atoms with Gasteiger partial charge in [0.15, 0.2) is 0 Å². The van der Waals surface area contributed by atoms with Crippen molar-refractivity contribution in [3.05, 3.63) is 47.5 Å². The molecule has 3 nitrogen and oxygen atoms in total. The molecule has 0 bridgehead atoms. The zero-order valence-corrected chi connectivity index (χ0v) is 9.56. The molecular weight excluding hydrogens is 202 g/mol. The van der Waals surface area contributed by atoms with Gasteiger partial charge in [0.05, 0.1) is 6.61 Å². The average molecular weight is 217 g/mol. The number of nitrogens with zero attached hydrogens (tertiary/aromatic N) is 1. The molecule has 1 aromatic heterocycles. The van der Waals surface area contributed by atoms with Crippen molar-refractivity contribution in [2.45, 2.75) is 20.3 Å². The van der Waals surface area contributed by atoms with Gasteiger partial charge >= 0.3 is 5.95 Å². The number of hydrogen-bond acceptors (Lipinski definition) is 3. The van der Waals surface area contributed by atoms with Crippen molar-refractivity contribution >= 4 is 0 Å². The molecule has 0 aliphatic heterocycles. The van der Waals surface area contributed by atoms with E-state index in [1.165, 1.54) is 5.56 Å². The van der Waals surface area contributed by atoms with E-state index in [4.69, 9.17) is 9.15 Å². The number of aromatic nitrogens is 1. The maximum atomic E-state index is 5.53. The first-order valence-corrected chi connectivity index (χ1v) is 5.42. The van der Waals surface area contributed by atoms with E-state index in [9.17, 15) is 0 Å². The van der Waals surface area contributed by atoms with Gasteiger partial charge in [0.2, 0.25) is 5.89 Å². The third-order valence-corrected chi connectivity index (χ3v) is 2.27. The van der Waals surface area contributed by atoms with Crippen molar-refractivity contribution in [2.24, 2.45) is 0 Å². The molecule has 16 heavy (non-hydrogen) atoms. The fraction of sp³-hybridized carbons (Fsp3) is 0.308. The number of oxazole rings is 1. The molecule has 1 aromatic carbocycles. The van der Waals surface area contributed by atoms with Crippen LogP contribution in [0.4, 0.5) is 0 Å². The topological polar surface area (TPSA) is 35.3 Å². The molecule has 0 spiro atoms. The molecule has 3 heteroatoms. The smallest absolute Gasteiger partial charge is 0.308 e. The average Bonchev–Trinajstić information content (AvgIpc) is 2.61. The summed E-state index contributed by atoms with van der Waals surface area (Å²) in [5.74, 6) is 1.24. The van der Waals surface area contributed by atoms with E-state index in [0.29, 0.717) is 24.9 Å². The van der Waals surface area contributed by atoms with Crippen molar-refractivity contribution < 1.29 is 9.15 Å². The molecule has 0 radical (unpaired) electrons. The molecular formula is C13H15NO2. The standard InChI is InChI=1S/C13H15NO2/c1-3-15-13-10(2)14-12(16-13)9-11-7-5-4-6-8-11/h4-8H,3,9H2,1-2H3. The van der Waals surface area contributed by atoms with Crippen molar-refractivity contribution in [1.29, 1.82) is 0 Å². The van der Waals surface area contributed by atoms with Crippen LogP contribution >= 0.6 is 0 Å². The molecule has 1 heterocycles. The summed E-state index contributed by atoms with van der Waals surface area (Å²) in [7, 11) is 0. The Hall–Kier alpha value is -1.77. The van der Waals surface area contributed by atoms with Crippen LogP contribution < -0.4 is 4.74 Å². The first-order valence-electron chi connectivity index (χ1n) is 5.42. The van der Waals surface area contributed by atoms with Gasteiger partial charge < -0.3 is 9.15 Å². The van der Waals surface area contributed by atoms with Crippen LogP contribution in [0.15, 0.2) is 34.7 Å². The van der Waals surface area contributed by atoms with Crippen LogP contribution in [-0.2, 0) is 6.42 Å². The van der Waals surface area contributed by atoms with Crippen LogP contribution in [0.25, 0.3) is 0 Å². The monoisotopic (exact) mass is 217 g/mol. The largest absolute Gasteiger partial charge is 0.464 e. The van der Waals surface area contributed by atoms with E-state index < -0.39 is 0 Å². The molecule has 0 aliphatic carbocycles. The Balaban J connectivity index is 2.13. The van der Waals surface area contributed by atoms with Crippen LogP contribution in [0.1, 0.15) is 24.1 Å². The Morgan fingerprint density at radius 1 is 1.25 bits per heavy atom. The van der Waals surface area contributed by atoms with E-state index >= 15 is 0 Å². The van der Waals surface area contributed by atoms with Crippen molar-refractivity contribution in [1.82, 2.24) is 4.98 Å². The summed E-state index contributed by atoms with van der Waals surface area (Å²) in [6.07, 6.45) is 0.703. The second-order valence-electron chi connectivity index (χ2n) is 3.58. The molecule has 0 N–H and O–H groups in total. The molecule has 0 atom stereocenters. The highest BCUT2D eigenvalue weighted by Crippen LogP contribution is 2.20. The summed E-state index contributed by atoms with van der Waals surface area (Å²) < 4.78 is 10.9. The molecule has 0 saturated carbocycles. The number of rotatable bonds is 4. The van der Waals surface area contributed by atoms with E-state index in [0.717, 1.165) is 5.69 Å². The lowest BCUT2D eigenvalue weighted by Gasteiger charge is -1.97. The lowest BCUT2D eigenvalue weighted by Crippen LogP contribution is -1.90. The van der Waals surface area contributed by atoms with E-state index in [2.05, 4.69) is 17.1 Å². The summed E-state index contributed by atoms with van der Waals surface area (Å²) in [6.45, 7) is 4.42. The SMILES string of the molecule is CCOc1oc(Cc2ccccc2)nc1C. The van der Waals surface area contributed by atoms with Gasteiger partial charge in [-0.05, 0) is 19.4 Å². The molecule has 2 rings (SSSR count). The maximum absolute atomic E-state index is 5.53. The van der Waals surface area contributed by atoms with Crippen LogP contribution in [0.3, 0.4) is 0 Å². The summed E-state index contributed by atoms with van der Waals surface area (Å²) >= 11 is 0. The summed E-state index contributed by atoms with van der Waals surface area (Å²) in [5.41, 5.74) is 2.00. The van der Waals surface area contributed by atoms with Gasteiger partial charge in [-0.3, -0.25) is 0 Å². The molecule has 0 unspecified atom stereocenters. The zero-order chi connectivity index (χ0) is 11.4. The minimum Gasteiger partial charge on any atom is -0.464 e. The minimum absolute atomic E-state index is 0.536. The van der Waals surface area contributed by atoms with Crippen LogP contribution in [-0.4, -0.2) is 11.6 Å². The molecule has 0 amide bonds. The quantitative estimate of drug-likeness (QED) is 0.789. The Morgan fingerprint density at radius 2 is 2.00 bits per heavy atom. The van der Waals surface area contributed by atoms with Gasteiger partial charge in [-0.15, -0.1) is 0 Å². The molecule has 84 valence electrons. The summed E-state index contributed by atoms with van der Waals surface area (Å²) in [5, 5.41) is 0. The molecule has 2 aromatic rings. The Bertz CT molecular complexity index is 448. The third-order valence-electron chi connectivity index (χ3n) is 2.27. The fourth-order valence-electron chi connectivity index (χ4n) is 1.55. The first-order chi connectivity index (χ1) is 7.79. The lowest BCUT2D eigenvalue weighted by molar-refractivity contribution is 0.249. The second kappa shape index (κ2) is 4.84. The van der Waals surface area contributed by atoms with Gasteiger partial charge in [0, 0.05) is 6.42 Å². The highest BCUT2D eigenvalue weighted by atomic mass is 16.6. The normalized spacial score (nSPS) is 10.4. The van der Waals surface area contributed by atoms with Crippen LogP contribution in [0.5, 0.6) is 5.95 Å². The Morgan fingerprint density at radius 3 is 2.69 bits per heavy atom. The van der Waals surface area contributed by atoms with Gasteiger partial charge in [0.1, 0.15) is 5.69 Å². The summed E-state index contributed by atoms with van der Waals surface area (Å²) in [4.78, 5) is 4.33. The number of benzene rings is 1. The molecule has 0 saturated heterocycles. The predicted octanol–water partition coefficient (Wildman–Crippen LogP) is 2.97. The van der Waals surface area contributed by atoms with Crippen molar-refractivity contribution in [3.8, 4) is 5.95 Å². The van der Waals surface area contributed by atoms with Crippen LogP contribution in [0, 0.1) is 6.92 Å². The van der Waals surface area contributed by atoms with Crippen molar-refractivity contribution in [2.75, 3.05) is 6.61 Å². The predicted molar refractivity (Wildman–Crippen MR) is 61.7 cm³/mol. The van der Waals surface area contributed by atoms with Gasteiger partial charge in [0.25, 0.3) is 0 Å². The van der Waals surface area contributed by atoms with E-state index in [1.54, 1.807) is 0 Å². The van der Waals surface area contributed by atoms with Gasteiger partial charge in [-0.25, -0.2) is 4.98 Å². The minimum atomic E-state index is 0.536. The second-order valence-corrected chi connectivity index (χ2v) is 3.58. The zero-order valence-electron chi connectivity index (χ0n) is 9.56. The fourth-order valence-corrected chi connectivity index (χ4v) is 1.55. The van der Waals surface area contributed by atoms with Gasteiger partial charge in [-0.1, -0.05) is 30.3 Å². The summed E-state index contributed by atoms with van der Waals surface area (Å²) in [6, 6.07) is 10.1. The Labute approximate surface area is 95.1 Å². The molecule has 0 aliphatic rings. The number of hydrogen-bond donors (Lipinski definition) is 0. The highest BCUT2D eigenvalue weighted by molar-refractivity contribution is 5.21. The van der Waals surface area contributed by atoms with Crippen molar-refractivity contribution in [3.63, 3.8) is 0 Å². The highest BCUT2D eigenvalue weighted by Gasteiger charge is 2.10. The number of aryl methyl sites for hydroxylation is 1. The van der Waals surface area contributed by atoms with E-state index in [1.807, 2.05) is 32.0 Å². The number of ether oxygens (including phenoxy) is 1. The first kappa shape index (κ1) is 10.7. The Kier molecular flexibility index (Phi) is 3.25. The maximum Gasteiger partial charge on any atom is 0.308 e. The van der Waals surface area contributed by atoms with E-state index in [-0.39, 0.29) is 0 Å². The van der Waals surface area contributed by atoms with Crippen LogP contribution in [0.2, 0.25) is 0 Å². The van der Waals surface area contributed by atoms with Gasteiger partial charge in [-0.2, -0.15) is 0 Å².